The zero-order valence-corrected chi connectivity index (χ0v) is 8.91. The lowest BCUT2D eigenvalue weighted by Crippen LogP contribution is -2.05. The van der Waals surface area contributed by atoms with E-state index in [1.165, 1.54) is 0 Å². The van der Waals surface area contributed by atoms with Crippen LogP contribution in [0, 0.1) is 0 Å². The number of hydroxylamine groups is 1. The molecule has 0 aliphatic carbocycles. The Morgan fingerprint density at radius 3 is 2.93 bits per heavy atom. The van der Waals surface area contributed by atoms with Crippen molar-refractivity contribution in [2.45, 2.75) is 26.3 Å². The van der Waals surface area contributed by atoms with Gasteiger partial charge in [-0.3, -0.25) is 0 Å². The number of aromatic amines is 1. The highest BCUT2D eigenvalue weighted by molar-refractivity contribution is 5.75. The normalized spacial score (nSPS) is 11.5. The molecule has 0 atom stereocenters. The Hall–Kier alpha value is -1.39. The molecular formula is C11H15N3O. The molecule has 80 valence electrons. The number of hydrogen-bond donors (Lipinski definition) is 3. The maximum atomic E-state index is 8.61. The molecule has 0 fully saturated rings. The predicted molar refractivity (Wildman–Crippen MR) is 58.8 cm³/mol. The molecule has 1 aromatic heterocycles. The molecule has 0 radical (unpaired) electrons. The number of fused-ring (bicyclic) bond motifs is 1. The van der Waals surface area contributed by atoms with Gasteiger partial charge in [-0.2, -0.15) is 0 Å². The lowest BCUT2D eigenvalue weighted by Gasteiger charge is -1.97. The van der Waals surface area contributed by atoms with E-state index in [0.717, 1.165) is 22.4 Å². The first-order chi connectivity index (χ1) is 7.20. The minimum absolute atomic E-state index is 0.400. The van der Waals surface area contributed by atoms with Gasteiger partial charge in [0.2, 0.25) is 0 Å². The summed E-state index contributed by atoms with van der Waals surface area (Å²) >= 11 is 0. The summed E-state index contributed by atoms with van der Waals surface area (Å²) in [6.45, 7) is 4.66. The number of imidazole rings is 1. The van der Waals surface area contributed by atoms with Crippen LogP contribution >= 0.6 is 0 Å². The summed E-state index contributed by atoms with van der Waals surface area (Å²) < 4.78 is 0. The van der Waals surface area contributed by atoms with Crippen molar-refractivity contribution in [2.75, 3.05) is 0 Å². The molecule has 1 aromatic carbocycles. The fourth-order valence-electron chi connectivity index (χ4n) is 1.55. The Kier molecular flexibility index (Phi) is 2.70. The minimum Gasteiger partial charge on any atom is -0.342 e. The van der Waals surface area contributed by atoms with Crippen LogP contribution in [0.5, 0.6) is 0 Å². The second-order valence-corrected chi connectivity index (χ2v) is 3.96. The van der Waals surface area contributed by atoms with Crippen molar-refractivity contribution in [3.05, 3.63) is 29.6 Å². The molecule has 4 nitrogen and oxygen atoms in total. The molecule has 0 unspecified atom stereocenters. The van der Waals surface area contributed by atoms with E-state index in [1.54, 1.807) is 0 Å². The van der Waals surface area contributed by atoms with Gasteiger partial charge in [-0.05, 0) is 17.7 Å². The number of H-pyrrole nitrogens is 1. The van der Waals surface area contributed by atoms with Gasteiger partial charge < -0.3 is 10.2 Å². The zero-order chi connectivity index (χ0) is 10.8. The summed E-state index contributed by atoms with van der Waals surface area (Å²) in [4.78, 5) is 7.75. The number of hydrogen-bond acceptors (Lipinski definition) is 3. The van der Waals surface area contributed by atoms with Gasteiger partial charge in [0.15, 0.2) is 0 Å². The Labute approximate surface area is 88.3 Å². The van der Waals surface area contributed by atoms with Crippen molar-refractivity contribution in [2.24, 2.45) is 0 Å². The Morgan fingerprint density at radius 1 is 1.47 bits per heavy atom. The van der Waals surface area contributed by atoms with Crippen LogP contribution in [-0.4, -0.2) is 15.2 Å². The largest absolute Gasteiger partial charge is 0.342 e. The van der Waals surface area contributed by atoms with Crippen molar-refractivity contribution in [1.82, 2.24) is 15.4 Å². The fourth-order valence-corrected chi connectivity index (χ4v) is 1.55. The summed E-state index contributed by atoms with van der Waals surface area (Å²) in [5.74, 6) is 1.40. The van der Waals surface area contributed by atoms with E-state index in [4.69, 9.17) is 5.21 Å². The van der Waals surface area contributed by atoms with Crippen LogP contribution in [0.25, 0.3) is 11.0 Å². The van der Waals surface area contributed by atoms with Crippen LogP contribution in [-0.2, 0) is 6.54 Å². The van der Waals surface area contributed by atoms with E-state index in [1.807, 2.05) is 18.2 Å². The molecule has 3 N–H and O–H groups in total. The molecule has 0 saturated heterocycles. The highest BCUT2D eigenvalue weighted by atomic mass is 16.5. The first kappa shape index (κ1) is 10.1. The van der Waals surface area contributed by atoms with E-state index in [9.17, 15) is 0 Å². The van der Waals surface area contributed by atoms with Crippen LogP contribution in [0.1, 0.15) is 31.2 Å². The molecular weight excluding hydrogens is 190 g/mol. The lowest BCUT2D eigenvalue weighted by atomic mass is 10.2. The van der Waals surface area contributed by atoms with E-state index < -0.39 is 0 Å². The molecule has 2 aromatic rings. The number of rotatable bonds is 3. The first-order valence-corrected chi connectivity index (χ1v) is 5.06. The smallest absolute Gasteiger partial charge is 0.109 e. The van der Waals surface area contributed by atoms with E-state index in [2.05, 4.69) is 29.3 Å². The highest BCUT2D eigenvalue weighted by Crippen LogP contribution is 2.18. The summed E-state index contributed by atoms with van der Waals surface area (Å²) in [5.41, 5.74) is 5.17. The van der Waals surface area contributed by atoms with Crippen molar-refractivity contribution in [3.8, 4) is 0 Å². The van der Waals surface area contributed by atoms with Crippen LogP contribution in [0.2, 0.25) is 0 Å². The maximum Gasteiger partial charge on any atom is 0.109 e. The van der Waals surface area contributed by atoms with Gasteiger partial charge in [-0.15, -0.1) is 0 Å². The predicted octanol–water partition coefficient (Wildman–Crippen LogP) is 2.17. The molecule has 0 aliphatic heterocycles. The van der Waals surface area contributed by atoms with Gasteiger partial charge in [0.05, 0.1) is 11.0 Å². The fraction of sp³-hybridized carbons (Fsp3) is 0.364. The van der Waals surface area contributed by atoms with Crippen LogP contribution in [0.4, 0.5) is 0 Å². The number of nitrogens with one attached hydrogen (secondary N) is 2. The SMILES string of the molecule is CC(C)c1nc2ccc(CNO)cc2[nH]1. The number of nitrogens with zero attached hydrogens (tertiary/aromatic N) is 1. The van der Waals surface area contributed by atoms with Gasteiger partial charge in [-0.1, -0.05) is 19.9 Å². The molecule has 0 saturated carbocycles. The van der Waals surface area contributed by atoms with E-state index in [0.29, 0.717) is 12.5 Å². The highest BCUT2D eigenvalue weighted by Gasteiger charge is 2.06. The molecule has 0 bridgehead atoms. The average Bonchev–Trinajstić information content (AvgIpc) is 2.61. The van der Waals surface area contributed by atoms with Crippen molar-refractivity contribution in [3.63, 3.8) is 0 Å². The summed E-state index contributed by atoms with van der Waals surface area (Å²) in [5, 5.41) is 8.61. The first-order valence-electron chi connectivity index (χ1n) is 5.06. The molecule has 2 rings (SSSR count). The number of benzene rings is 1. The monoisotopic (exact) mass is 205 g/mol. The number of aromatic nitrogens is 2. The van der Waals surface area contributed by atoms with Crippen molar-refractivity contribution >= 4 is 11.0 Å². The topological polar surface area (TPSA) is 60.9 Å². The minimum atomic E-state index is 0.400. The molecule has 1 heterocycles. The molecule has 4 heteroatoms. The van der Waals surface area contributed by atoms with Gasteiger partial charge >= 0.3 is 0 Å². The average molecular weight is 205 g/mol. The lowest BCUT2D eigenvalue weighted by molar-refractivity contribution is 0.161. The maximum absolute atomic E-state index is 8.61. The third kappa shape index (κ3) is 2.00. The Morgan fingerprint density at radius 2 is 2.27 bits per heavy atom. The van der Waals surface area contributed by atoms with Crippen molar-refractivity contribution in [1.29, 1.82) is 0 Å². The van der Waals surface area contributed by atoms with Gasteiger partial charge in [0.1, 0.15) is 5.82 Å². The van der Waals surface area contributed by atoms with Crippen molar-refractivity contribution < 1.29 is 5.21 Å². The summed E-state index contributed by atoms with van der Waals surface area (Å²) in [7, 11) is 0. The zero-order valence-electron chi connectivity index (χ0n) is 8.91. The van der Waals surface area contributed by atoms with Crippen LogP contribution in [0.3, 0.4) is 0 Å². The van der Waals surface area contributed by atoms with E-state index >= 15 is 0 Å². The van der Waals surface area contributed by atoms with Crippen LogP contribution < -0.4 is 5.48 Å². The third-order valence-electron chi connectivity index (χ3n) is 2.39. The standard InChI is InChI=1S/C11H15N3O/c1-7(2)11-13-9-4-3-8(6-12-15)5-10(9)14-11/h3-5,7,12,15H,6H2,1-2H3,(H,13,14). The quantitative estimate of drug-likeness (QED) is 0.673. The van der Waals surface area contributed by atoms with Gasteiger partial charge in [-0.25, -0.2) is 10.5 Å². The summed E-state index contributed by atoms with van der Waals surface area (Å²) in [6.07, 6.45) is 0. The Bertz CT molecular complexity index is 462. The van der Waals surface area contributed by atoms with Gasteiger partial charge in [0, 0.05) is 12.5 Å². The third-order valence-corrected chi connectivity index (χ3v) is 2.39. The van der Waals surface area contributed by atoms with E-state index in [-0.39, 0.29) is 0 Å². The van der Waals surface area contributed by atoms with Crippen LogP contribution in [0.15, 0.2) is 18.2 Å². The van der Waals surface area contributed by atoms with Gasteiger partial charge in [0.25, 0.3) is 0 Å². The second-order valence-electron chi connectivity index (χ2n) is 3.96. The Balaban J connectivity index is 2.43. The molecule has 0 amide bonds. The summed E-state index contributed by atoms with van der Waals surface area (Å²) in [6, 6.07) is 5.92. The molecule has 0 aliphatic rings. The second kappa shape index (κ2) is 4.00. The molecule has 15 heavy (non-hydrogen) atoms. The molecule has 0 spiro atoms.